The summed E-state index contributed by atoms with van der Waals surface area (Å²) in [7, 11) is 0. The van der Waals surface area contributed by atoms with E-state index in [0.717, 1.165) is 115 Å². The molecular formula is C62H88O6. The predicted octanol–water partition coefficient (Wildman–Crippen LogP) is 12.2. The normalized spacial score (nSPS) is 49.6. The quantitative estimate of drug-likeness (QED) is 0.166. The summed E-state index contributed by atoms with van der Waals surface area (Å²) in [6.45, 7) is 17.7. The Labute approximate surface area is 410 Å². The Morgan fingerprint density at radius 1 is 0.632 bits per heavy atom. The number of allylic oxidation sites excluding steroid dienone is 6. The first kappa shape index (κ1) is 49.0. The molecule has 4 N–H and O–H groups in total. The van der Waals surface area contributed by atoms with Crippen LogP contribution in [-0.4, -0.2) is 55.4 Å². The van der Waals surface area contributed by atoms with Gasteiger partial charge in [-0.2, -0.15) is 0 Å². The highest BCUT2D eigenvalue weighted by Gasteiger charge is 2.66. The molecule has 9 fully saturated rings. The highest BCUT2D eigenvalue weighted by Crippen LogP contribution is 2.69. The third-order valence-corrected chi connectivity index (χ3v) is 23.5. The van der Waals surface area contributed by atoms with Crippen LogP contribution in [0.15, 0.2) is 59.3 Å². The maximum Gasteiger partial charge on any atom is 0.155 e. The van der Waals surface area contributed by atoms with Crippen molar-refractivity contribution in [2.45, 2.75) is 212 Å². The smallest absolute Gasteiger partial charge is 0.155 e. The third kappa shape index (κ3) is 7.43. The Morgan fingerprint density at radius 3 is 1.81 bits per heavy atom. The van der Waals surface area contributed by atoms with Crippen LogP contribution < -0.4 is 0 Å². The van der Waals surface area contributed by atoms with E-state index in [1.165, 1.54) is 67.2 Å². The molecule has 12 aliphatic carbocycles. The van der Waals surface area contributed by atoms with Gasteiger partial charge in [-0.3, -0.25) is 9.59 Å². The van der Waals surface area contributed by atoms with Gasteiger partial charge in [0.05, 0.1) is 17.8 Å². The van der Waals surface area contributed by atoms with Gasteiger partial charge in [0.1, 0.15) is 5.60 Å². The van der Waals surface area contributed by atoms with E-state index in [9.17, 15) is 30.0 Å². The number of ketones is 2. The minimum absolute atomic E-state index is 0.0869. The van der Waals surface area contributed by atoms with Crippen LogP contribution in [0.4, 0.5) is 0 Å². The van der Waals surface area contributed by atoms with Crippen molar-refractivity contribution in [3.63, 3.8) is 0 Å². The second-order valence-corrected chi connectivity index (χ2v) is 25.6. The predicted molar refractivity (Wildman–Crippen MR) is 271 cm³/mol. The summed E-state index contributed by atoms with van der Waals surface area (Å²) in [5, 5.41) is 44.0. The zero-order chi connectivity index (χ0) is 48.1. The van der Waals surface area contributed by atoms with Crippen LogP contribution >= 0.6 is 0 Å². The van der Waals surface area contributed by atoms with Gasteiger partial charge in [0.25, 0.3) is 0 Å². The summed E-state index contributed by atoms with van der Waals surface area (Å²) in [6.07, 6.45) is 37.7. The fourth-order valence-corrected chi connectivity index (χ4v) is 20.8. The fraction of sp³-hybridized carbons (Fsp3) is 0.774. The molecule has 0 amide bonds. The summed E-state index contributed by atoms with van der Waals surface area (Å²) in [5.41, 5.74) is 5.43. The van der Waals surface area contributed by atoms with Crippen molar-refractivity contribution in [2.75, 3.05) is 0 Å². The van der Waals surface area contributed by atoms with E-state index in [2.05, 4.69) is 45.9 Å². The Balaban J connectivity index is 0.000000119. The fourth-order valence-electron chi connectivity index (χ4n) is 20.8. The summed E-state index contributed by atoms with van der Waals surface area (Å²) in [5.74, 6) is 10.3. The molecule has 0 aromatic heterocycles. The first-order chi connectivity index (χ1) is 32.5. The second-order valence-electron chi connectivity index (χ2n) is 25.6. The van der Waals surface area contributed by atoms with Gasteiger partial charge in [0.2, 0.25) is 0 Å². The molecule has 372 valence electrons. The Kier molecular flexibility index (Phi) is 13.1. The standard InChI is InChI=1S/C22H30O.C20H30O3.C20H28O2/c1-4-21-14-15(3)20-17-9-7-6-8-16(17)10-11-18(20)19(21)12-13-22(21,23)5-2;1-3-20-11-19(2,23)18-14-7-5-13(21)10-12(14)4-6-15(18)16(20)8-9-17(20)22;1-3-20-11-12(2)19-15-7-5-14(21)10-13(15)4-6-16(19)17(20)8-9-18(20)22/h2,8,17-20,23H,3-4,6-7,9-14H2,1H3;10,14-18,22-23H,3-9,11H2,1-2H3;10,15-19,22H,2-9,11H2,1H3/t17?,18?,19?,20?,21-,22-;14?,15?,16?,17-,18?,19-,20-;15?,16?,17?,18-,19?,20-/m000/s1. The minimum Gasteiger partial charge on any atom is -0.393 e. The molecule has 19 atom stereocenters. The molecule has 0 spiro atoms. The van der Waals surface area contributed by atoms with Gasteiger partial charge >= 0.3 is 0 Å². The molecule has 0 radical (unpaired) electrons. The maximum atomic E-state index is 11.8. The monoisotopic (exact) mass is 929 g/mol. The van der Waals surface area contributed by atoms with Crippen LogP contribution in [0.5, 0.6) is 0 Å². The van der Waals surface area contributed by atoms with E-state index < -0.39 is 11.2 Å². The average molecular weight is 929 g/mol. The summed E-state index contributed by atoms with van der Waals surface area (Å²) < 4.78 is 0. The topological polar surface area (TPSA) is 115 Å². The summed E-state index contributed by atoms with van der Waals surface area (Å²) in [4.78, 5) is 23.5. The molecule has 0 aromatic rings. The van der Waals surface area contributed by atoms with Crippen molar-refractivity contribution >= 4 is 11.6 Å². The first-order valence-corrected chi connectivity index (χ1v) is 28.3. The van der Waals surface area contributed by atoms with E-state index in [0.29, 0.717) is 71.4 Å². The van der Waals surface area contributed by atoms with Gasteiger partial charge in [-0.1, -0.05) is 73.8 Å². The zero-order valence-corrected chi connectivity index (χ0v) is 42.6. The summed E-state index contributed by atoms with van der Waals surface area (Å²) >= 11 is 0. The van der Waals surface area contributed by atoms with Crippen LogP contribution in [0, 0.1) is 99.6 Å². The number of fused-ring (bicyclic) bond motifs is 15. The van der Waals surface area contributed by atoms with Gasteiger partial charge in [-0.05, 0) is 238 Å². The number of hydrogen-bond donors (Lipinski definition) is 4. The lowest BCUT2D eigenvalue weighted by atomic mass is 9.47. The van der Waals surface area contributed by atoms with Gasteiger partial charge in [0.15, 0.2) is 11.6 Å². The Morgan fingerprint density at radius 2 is 1.18 bits per heavy atom. The van der Waals surface area contributed by atoms with Crippen molar-refractivity contribution in [1.29, 1.82) is 0 Å². The van der Waals surface area contributed by atoms with E-state index in [1.807, 2.05) is 19.1 Å². The number of carbonyl (C=O) groups is 2. The molecule has 6 nitrogen and oxygen atoms in total. The summed E-state index contributed by atoms with van der Waals surface area (Å²) in [6, 6.07) is 0. The Bertz CT molecular complexity index is 2170. The number of aliphatic hydroxyl groups is 4. The molecule has 6 heteroatoms. The van der Waals surface area contributed by atoms with E-state index in [4.69, 9.17) is 6.42 Å². The molecule has 0 saturated heterocycles. The Hall–Kier alpha value is -2.56. The molecule has 0 aliphatic heterocycles. The average Bonchev–Trinajstić information content (AvgIpc) is 3.96. The van der Waals surface area contributed by atoms with E-state index in [1.54, 1.807) is 5.57 Å². The maximum absolute atomic E-state index is 11.8. The second kappa shape index (κ2) is 18.2. The van der Waals surface area contributed by atoms with Crippen LogP contribution in [-0.2, 0) is 9.59 Å². The highest BCUT2D eigenvalue weighted by molar-refractivity contribution is 5.91. The number of aliphatic hydroxyl groups excluding tert-OH is 2. The van der Waals surface area contributed by atoms with E-state index in [-0.39, 0.29) is 40.2 Å². The van der Waals surface area contributed by atoms with Crippen molar-refractivity contribution < 1.29 is 30.0 Å². The van der Waals surface area contributed by atoms with Crippen molar-refractivity contribution in [3.05, 3.63) is 59.3 Å². The molecule has 0 heterocycles. The molecule has 0 aromatic carbocycles. The molecule has 12 aliphatic rings. The molecule has 9 saturated carbocycles. The number of carbonyl (C=O) groups excluding carboxylic acids is 2. The highest BCUT2D eigenvalue weighted by atomic mass is 16.3. The minimum atomic E-state index is -0.914. The number of hydrogen-bond acceptors (Lipinski definition) is 6. The van der Waals surface area contributed by atoms with Crippen molar-refractivity contribution in [1.82, 2.24) is 0 Å². The lowest BCUT2D eigenvalue weighted by molar-refractivity contribution is -0.178. The van der Waals surface area contributed by atoms with Crippen LogP contribution in [0.1, 0.15) is 188 Å². The largest absolute Gasteiger partial charge is 0.393 e. The lowest BCUT2D eigenvalue weighted by Gasteiger charge is -2.60. The van der Waals surface area contributed by atoms with Gasteiger partial charge in [-0.15, -0.1) is 6.42 Å². The first-order valence-electron chi connectivity index (χ1n) is 28.3. The molecule has 0 bridgehead atoms. The molecular weight excluding hydrogens is 841 g/mol. The van der Waals surface area contributed by atoms with Gasteiger partial charge in [0, 0.05) is 29.1 Å². The SMILES string of the molecule is C#C[C@]1(O)CCC2C3CCC4=CCCCC4C3C(=C)C[C@@]21CC.C=C1C[C@@]2(CC)C(CC[C@@H]2O)C2CCC3=CC(=O)CCC3C12.CC[C@]12C[C@](C)(O)C3C4CCC(=O)C=C4CCC3C1CC[C@@H]2O. The van der Waals surface area contributed by atoms with Crippen LogP contribution in [0.25, 0.3) is 0 Å². The molecule has 12 unspecified atom stereocenters. The van der Waals surface area contributed by atoms with Gasteiger partial charge < -0.3 is 20.4 Å². The molecule has 12 rings (SSSR count). The van der Waals surface area contributed by atoms with Gasteiger partial charge in [-0.25, -0.2) is 0 Å². The lowest BCUT2D eigenvalue weighted by Crippen LogP contribution is -2.59. The van der Waals surface area contributed by atoms with E-state index >= 15 is 0 Å². The third-order valence-electron chi connectivity index (χ3n) is 23.5. The van der Waals surface area contributed by atoms with Crippen LogP contribution in [0.2, 0.25) is 0 Å². The van der Waals surface area contributed by atoms with Crippen molar-refractivity contribution in [3.8, 4) is 12.3 Å². The van der Waals surface area contributed by atoms with Crippen LogP contribution in [0.3, 0.4) is 0 Å². The zero-order valence-electron chi connectivity index (χ0n) is 42.6. The number of rotatable bonds is 3. The van der Waals surface area contributed by atoms with Crippen molar-refractivity contribution in [2.24, 2.45) is 87.3 Å². The molecule has 68 heavy (non-hydrogen) atoms. The number of terminal acetylenes is 1.